The van der Waals surface area contributed by atoms with E-state index in [2.05, 4.69) is 39.5 Å². The molecule has 0 aliphatic carbocycles. The van der Waals surface area contributed by atoms with E-state index in [-0.39, 0.29) is 5.75 Å². The highest BCUT2D eigenvalue weighted by molar-refractivity contribution is 7.19. The van der Waals surface area contributed by atoms with Gasteiger partial charge in [-0.1, -0.05) is 32.0 Å². The zero-order valence-corrected chi connectivity index (χ0v) is 16.9. The number of phenols is 1. The Morgan fingerprint density at radius 1 is 1.35 bits per heavy atom. The number of benzene rings is 2. The quantitative estimate of drug-likeness (QED) is 0.636. The van der Waals surface area contributed by atoms with Crippen LogP contribution < -0.4 is 14.3 Å². The number of anilines is 2. The lowest BCUT2D eigenvalue weighted by atomic mass is 10.1. The molecule has 1 aliphatic rings. The van der Waals surface area contributed by atoms with E-state index < -0.39 is 0 Å². The number of para-hydroxylation sites is 1. The molecule has 140 valence electrons. The van der Waals surface area contributed by atoms with Gasteiger partial charge in [-0.2, -0.15) is 0 Å². The Hall–Kier alpha value is -2.26. The number of aldehydes is 1. The molecule has 0 amide bonds. The Bertz CT molecular complexity index is 767. The number of carbonyl (C=O) groups is 1. The predicted octanol–water partition coefficient (Wildman–Crippen LogP) is 3.90. The van der Waals surface area contributed by atoms with E-state index in [4.69, 9.17) is 4.74 Å². The number of hydrogen-bond donors (Lipinski definition) is 1. The first kappa shape index (κ1) is 20.1. The van der Waals surface area contributed by atoms with Gasteiger partial charge < -0.3 is 19.4 Å². The third-order valence-corrected chi connectivity index (χ3v) is 5.04. The van der Waals surface area contributed by atoms with Crippen LogP contribution in [0.2, 0.25) is 0 Å². The van der Waals surface area contributed by atoms with Crippen LogP contribution in [0.1, 0.15) is 29.8 Å². The summed E-state index contributed by atoms with van der Waals surface area (Å²) in [5.74, 6) is 0.318. The number of ether oxygens (including phenoxy) is 1. The molecule has 0 saturated carbocycles. The van der Waals surface area contributed by atoms with E-state index in [1.807, 2.05) is 24.6 Å². The Kier molecular flexibility index (Phi) is 6.87. The van der Waals surface area contributed by atoms with Gasteiger partial charge in [-0.05, 0) is 33.5 Å². The molecule has 0 bridgehead atoms. The minimum absolute atomic E-state index is 0.0219. The van der Waals surface area contributed by atoms with Crippen molar-refractivity contribution in [1.29, 1.82) is 0 Å². The predicted molar refractivity (Wildman–Crippen MR) is 111 cm³/mol. The lowest BCUT2D eigenvalue weighted by Crippen LogP contribution is -2.37. The van der Waals surface area contributed by atoms with Crippen LogP contribution in [0, 0.1) is 0 Å². The molecule has 1 aliphatic heterocycles. The molecule has 2 aromatic carbocycles. The first-order chi connectivity index (χ1) is 12.5. The zero-order valence-electron chi connectivity index (χ0n) is 15.8. The first-order valence-corrected chi connectivity index (χ1v) is 9.26. The number of carbonyl (C=O) groups excluding carboxylic acids is 1. The van der Waals surface area contributed by atoms with E-state index in [9.17, 15) is 9.90 Å². The van der Waals surface area contributed by atoms with E-state index >= 15 is 0 Å². The summed E-state index contributed by atoms with van der Waals surface area (Å²) in [7, 11) is 6.20. The van der Waals surface area contributed by atoms with E-state index in [0.29, 0.717) is 29.6 Å². The van der Waals surface area contributed by atoms with Gasteiger partial charge in [-0.25, -0.2) is 0 Å². The molecule has 1 N–H and O–H groups in total. The van der Waals surface area contributed by atoms with Crippen molar-refractivity contribution >= 4 is 27.1 Å². The minimum atomic E-state index is 0.0219. The van der Waals surface area contributed by atoms with Gasteiger partial charge >= 0.3 is 0 Å². The summed E-state index contributed by atoms with van der Waals surface area (Å²) >= 11 is 0. The molecule has 2 unspecified atom stereocenters. The summed E-state index contributed by atoms with van der Waals surface area (Å²) in [5, 5.41) is 10.0. The van der Waals surface area contributed by atoms with Crippen LogP contribution in [-0.2, 0) is 6.42 Å². The van der Waals surface area contributed by atoms with Crippen molar-refractivity contribution < 1.29 is 14.6 Å². The Labute approximate surface area is 157 Å². The summed E-state index contributed by atoms with van der Waals surface area (Å²) in [6.45, 7) is 4.71. The van der Waals surface area contributed by atoms with Gasteiger partial charge in [0.1, 0.15) is 0 Å². The van der Waals surface area contributed by atoms with Crippen molar-refractivity contribution in [2.75, 3.05) is 30.3 Å². The number of likely N-dealkylation sites (N-methyl/N-ethyl adjacent to an activating group) is 1. The van der Waals surface area contributed by atoms with Crippen molar-refractivity contribution in [1.82, 2.24) is 0 Å². The van der Waals surface area contributed by atoms with Crippen LogP contribution in [0.3, 0.4) is 0 Å². The molecule has 0 radical (unpaired) electrons. The van der Waals surface area contributed by atoms with Crippen LogP contribution in [0.4, 0.5) is 11.4 Å². The molecule has 26 heavy (non-hydrogen) atoms. The summed E-state index contributed by atoms with van der Waals surface area (Å²) < 4.78 is 7.00. The van der Waals surface area contributed by atoms with Gasteiger partial charge in [-0.3, -0.25) is 4.79 Å². The molecule has 0 aromatic heterocycles. The normalized spacial score (nSPS) is 15.0. The van der Waals surface area contributed by atoms with Crippen molar-refractivity contribution in [3.8, 4) is 11.5 Å². The zero-order chi connectivity index (χ0) is 19.3. The number of methoxy groups -OCH3 is 1. The SMILES string of the molecule is CC.COc1cc(C=O)c(N(P)CC2Cc3ccccc3N2C)cc1O. The number of nitrogens with zero attached hydrogens (tertiary/aromatic N) is 2. The average Bonchev–Trinajstić information content (AvgIpc) is 2.99. The van der Waals surface area contributed by atoms with Gasteiger partial charge in [0.05, 0.1) is 18.8 Å². The Morgan fingerprint density at radius 3 is 2.65 bits per heavy atom. The molecule has 6 heteroatoms. The number of rotatable bonds is 5. The maximum Gasteiger partial charge on any atom is 0.161 e. The number of phenolic OH excluding ortho intramolecular Hbond substituents is 1. The van der Waals surface area contributed by atoms with Crippen molar-refractivity contribution in [3.05, 3.63) is 47.5 Å². The average molecular weight is 374 g/mol. The van der Waals surface area contributed by atoms with Gasteiger partial charge in [0.25, 0.3) is 0 Å². The summed E-state index contributed by atoms with van der Waals surface area (Å²) in [4.78, 5) is 13.7. The van der Waals surface area contributed by atoms with Crippen LogP contribution >= 0.6 is 9.39 Å². The maximum atomic E-state index is 11.4. The van der Waals surface area contributed by atoms with Crippen molar-refractivity contribution in [2.24, 2.45) is 0 Å². The maximum absolute atomic E-state index is 11.4. The van der Waals surface area contributed by atoms with Gasteiger partial charge in [0, 0.05) is 30.9 Å². The van der Waals surface area contributed by atoms with Crippen molar-refractivity contribution in [2.45, 2.75) is 26.3 Å². The van der Waals surface area contributed by atoms with E-state index in [1.54, 1.807) is 12.1 Å². The van der Waals surface area contributed by atoms with Crippen LogP contribution in [0.15, 0.2) is 36.4 Å². The van der Waals surface area contributed by atoms with Gasteiger partial charge in [0.15, 0.2) is 17.8 Å². The largest absolute Gasteiger partial charge is 0.504 e. The Balaban J connectivity index is 0.00000117. The third kappa shape index (κ3) is 3.94. The second-order valence-corrected chi connectivity index (χ2v) is 6.57. The van der Waals surface area contributed by atoms with E-state index in [0.717, 1.165) is 12.7 Å². The van der Waals surface area contributed by atoms with Crippen LogP contribution in [0.5, 0.6) is 11.5 Å². The second-order valence-electron chi connectivity index (χ2n) is 5.95. The molecule has 0 fully saturated rings. The molecular weight excluding hydrogens is 347 g/mol. The van der Waals surface area contributed by atoms with Gasteiger partial charge in [0.2, 0.25) is 0 Å². The summed E-state index contributed by atoms with van der Waals surface area (Å²) in [6.07, 6.45) is 1.73. The van der Waals surface area contributed by atoms with Crippen LogP contribution in [0.25, 0.3) is 0 Å². The monoisotopic (exact) mass is 374 g/mol. The fraction of sp³-hybridized carbons (Fsp3) is 0.350. The molecular formula is C20H27N2O3P. The van der Waals surface area contributed by atoms with E-state index in [1.165, 1.54) is 18.4 Å². The number of fused-ring (bicyclic) bond motifs is 1. The molecule has 3 rings (SSSR count). The summed E-state index contributed by atoms with van der Waals surface area (Å²) in [5.41, 5.74) is 3.72. The molecule has 0 spiro atoms. The standard InChI is InChI=1S/C18H21N2O3P.C2H6/c1-19-14(7-12-5-3-4-6-15(12)19)10-20(24)16-9-17(22)18(23-2)8-13(16)11-21;1-2/h3-6,8-9,11,14,22H,7,10,24H2,1-2H3;1-2H3. The highest BCUT2D eigenvalue weighted by Gasteiger charge is 2.27. The lowest BCUT2D eigenvalue weighted by Gasteiger charge is -2.29. The highest BCUT2D eigenvalue weighted by Crippen LogP contribution is 2.37. The van der Waals surface area contributed by atoms with Crippen LogP contribution in [-0.4, -0.2) is 38.1 Å². The summed E-state index contributed by atoms with van der Waals surface area (Å²) in [6, 6.07) is 11.8. The first-order valence-electron chi connectivity index (χ1n) is 8.74. The molecule has 2 aromatic rings. The second kappa shape index (κ2) is 8.91. The fourth-order valence-corrected chi connectivity index (χ4v) is 3.67. The minimum Gasteiger partial charge on any atom is -0.504 e. The molecule has 2 atom stereocenters. The fourth-order valence-electron chi connectivity index (χ4n) is 3.21. The molecule has 0 saturated heterocycles. The van der Waals surface area contributed by atoms with Crippen molar-refractivity contribution in [3.63, 3.8) is 0 Å². The topological polar surface area (TPSA) is 53.0 Å². The lowest BCUT2D eigenvalue weighted by molar-refractivity contribution is 0.112. The molecule has 1 heterocycles. The number of aromatic hydroxyl groups is 1. The third-order valence-electron chi connectivity index (χ3n) is 4.55. The molecule has 5 nitrogen and oxygen atoms in total. The number of hydrogen-bond acceptors (Lipinski definition) is 5. The Morgan fingerprint density at radius 2 is 2.04 bits per heavy atom. The van der Waals surface area contributed by atoms with Gasteiger partial charge in [-0.15, -0.1) is 0 Å². The smallest absolute Gasteiger partial charge is 0.161 e. The highest BCUT2D eigenvalue weighted by atomic mass is 31.0.